The molecule has 5 heteroatoms. The van der Waals surface area contributed by atoms with Crippen molar-refractivity contribution in [2.24, 2.45) is 0 Å². The van der Waals surface area contributed by atoms with Gasteiger partial charge in [-0.25, -0.2) is 0 Å². The maximum Gasteiger partial charge on any atom is 0.101 e. The lowest BCUT2D eigenvalue weighted by molar-refractivity contribution is 0.413. The second-order valence-electron chi connectivity index (χ2n) is 6.63. The Kier molecular flexibility index (Phi) is 3.80. The van der Waals surface area contributed by atoms with E-state index in [-0.39, 0.29) is 0 Å². The standard InChI is InChI=1S/C20H19N5/c1-25-19-6-7-23-12-17(19)16-9-15(8-14(11-22)20(16)25)24-18-5-3-2-4-13(18)10-21/h2-5,8-9,17,19,23-24H,6-7,12H2,1H3/t17-,19-/m0/s1. The average molecular weight is 329 g/mol. The summed E-state index contributed by atoms with van der Waals surface area (Å²) in [4.78, 5) is 2.27. The van der Waals surface area contributed by atoms with Gasteiger partial charge in [-0.3, -0.25) is 0 Å². The van der Waals surface area contributed by atoms with Crippen LogP contribution in [0.3, 0.4) is 0 Å². The normalized spacial score (nSPS) is 21.0. The van der Waals surface area contributed by atoms with Gasteiger partial charge in [-0.05, 0) is 42.8 Å². The van der Waals surface area contributed by atoms with Crippen molar-refractivity contribution in [1.82, 2.24) is 5.32 Å². The van der Waals surface area contributed by atoms with Crippen LogP contribution >= 0.6 is 0 Å². The number of hydrogen-bond donors (Lipinski definition) is 2. The zero-order valence-electron chi connectivity index (χ0n) is 14.1. The summed E-state index contributed by atoms with van der Waals surface area (Å²) in [6.07, 6.45) is 1.08. The molecule has 1 saturated heterocycles. The molecule has 2 heterocycles. The maximum atomic E-state index is 9.67. The molecular formula is C20H19N5. The summed E-state index contributed by atoms with van der Waals surface area (Å²) >= 11 is 0. The summed E-state index contributed by atoms with van der Waals surface area (Å²) in [7, 11) is 2.09. The smallest absolute Gasteiger partial charge is 0.101 e. The summed E-state index contributed by atoms with van der Waals surface area (Å²) in [5.74, 6) is 0.397. The van der Waals surface area contributed by atoms with Crippen molar-refractivity contribution >= 4 is 17.1 Å². The Morgan fingerprint density at radius 2 is 1.96 bits per heavy atom. The van der Waals surface area contributed by atoms with Crippen molar-refractivity contribution in [3.8, 4) is 12.1 Å². The molecule has 0 bridgehead atoms. The van der Waals surface area contributed by atoms with E-state index in [4.69, 9.17) is 0 Å². The van der Waals surface area contributed by atoms with Crippen LogP contribution in [-0.2, 0) is 0 Å². The van der Waals surface area contributed by atoms with Gasteiger partial charge >= 0.3 is 0 Å². The Morgan fingerprint density at radius 3 is 2.76 bits per heavy atom. The van der Waals surface area contributed by atoms with E-state index in [0.29, 0.717) is 23.1 Å². The molecule has 0 radical (unpaired) electrons. The van der Waals surface area contributed by atoms with Gasteiger partial charge in [0.25, 0.3) is 0 Å². The molecule has 2 N–H and O–H groups in total. The van der Waals surface area contributed by atoms with Crippen molar-refractivity contribution in [3.05, 3.63) is 53.1 Å². The molecule has 0 spiro atoms. The molecule has 2 aromatic rings. The highest BCUT2D eigenvalue weighted by Crippen LogP contribution is 2.45. The van der Waals surface area contributed by atoms with Crippen molar-refractivity contribution < 1.29 is 0 Å². The highest BCUT2D eigenvalue weighted by molar-refractivity contribution is 5.77. The van der Waals surface area contributed by atoms with Crippen LogP contribution in [0, 0.1) is 22.7 Å². The van der Waals surface area contributed by atoms with Crippen LogP contribution in [-0.4, -0.2) is 26.2 Å². The van der Waals surface area contributed by atoms with E-state index in [0.717, 1.165) is 36.6 Å². The molecule has 2 aliphatic rings. The summed E-state index contributed by atoms with van der Waals surface area (Å²) in [6.45, 7) is 1.95. The SMILES string of the molecule is CN1c2c(C#N)cc(Nc3ccccc3C#N)cc2[C@@H]2CNCC[C@@H]21. The zero-order valence-corrected chi connectivity index (χ0v) is 14.1. The number of rotatable bonds is 2. The molecule has 0 aliphatic carbocycles. The molecule has 4 rings (SSSR count). The predicted octanol–water partition coefficient (Wildman–Crippen LogP) is 3.07. The zero-order chi connectivity index (χ0) is 17.4. The van der Waals surface area contributed by atoms with E-state index in [2.05, 4.69) is 40.8 Å². The van der Waals surface area contributed by atoms with Crippen LogP contribution < -0.4 is 15.5 Å². The van der Waals surface area contributed by atoms with Gasteiger partial charge in [0.1, 0.15) is 12.1 Å². The first-order valence-corrected chi connectivity index (χ1v) is 8.50. The number of piperidine rings is 1. The summed E-state index contributed by atoms with van der Waals surface area (Å²) in [5, 5.41) is 25.8. The highest BCUT2D eigenvalue weighted by atomic mass is 15.2. The first-order chi connectivity index (χ1) is 12.2. The molecule has 0 amide bonds. The van der Waals surface area contributed by atoms with Crippen molar-refractivity contribution in [2.75, 3.05) is 30.4 Å². The fourth-order valence-corrected chi connectivity index (χ4v) is 4.13. The van der Waals surface area contributed by atoms with Crippen LogP contribution in [0.1, 0.15) is 29.0 Å². The van der Waals surface area contributed by atoms with Gasteiger partial charge in [-0.1, -0.05) is 12.1 Å². The number of nitrogens with one attached hydrogen (secondary N) is 2. The topological polar surface area (TPSA) is 74.9 Å². The summed E-state index contributed by atoms with van der Waals surface area (Å²) < 4.78 is 0. The lowest BCUT2D eigenvalue weighted by atomic mass is 9.89. The Balaban J connectivity index is 1.78. The second kappa shape index (κ2) is 6.12. The van der Waals surface area contributed by atoms with Gasteiger partial charge in [0.2, 0.25) is 0 Å². The van der Waals surface area contributed by atoms with Crippen LogP contribution in [0.25, 0.3) is 0 Å². The van der Waals surface area contributed by atoms with Gasteiger partial charge < -0.3 is 15.5 Å². The van der Waals surface area contributed by atoms with E-state index >= 15 is 0 Å². The first kappa shape index (κ1) is 15.5. The van der Waals surface area contributed by atoms with E-state index < -0.39 is 0 Å². The molecule has 2 aliphatic heterocycles. The molecule has 5 nitrogen and oxygen atoms in total. The summed E-state index contributed by atoms with van der Waals surface area (Å²) in [5.41, 5.74) is 5.18. The van der Waals surface area contributed by atoms with E-state index in [9.17, 15) is 10.5 Å². The van der Waals surface area contributed by atoms with Crippen LogP contribution in [0.2, 0.25) is 0 Å². The molecule has 2 aromatic carbocycles. The Morgan fingerprint density at radius 1 is 1.16 bits per heavy atom. The monoisotopic (exact) mass is 329 g/mol. The Labute approximate surface area is 147 Å². The van der Waals surface area contributed by atoms with Crippen molar-refractivity contribution in [1.29, 1.82) is 10.5 Å². The van der Waals surface area contributed by atoms with Gasteiger partial charge in [0.15, 0.2) is 0 Å². The molecule has 2 atom stereocenters. The number of nitriles is 2. The van der Waals surface area contributed by atoms with Gasteiger partial charge in [-0.2, -0.15) is 10.5 Å². The number of para-hydroxylation sites is 1. The minimum atomic E-state index is 0.397. The minimum Gasteiger partial charge on any atom is -0.370 e. The van der Waals surface area contributed by atoms with Gasteiger partial charge in [-0.15, -0.1) is 0 Å². The molecule has 1 fully saturated rings. The maximum absolute atomic E-state index is 9.67. The molecule has 0 unspecified atom stereocenters. The third-order valence-electron chi connectivity index (χ3n) is 5.28. The minimum absolute atomic E-state index is 0.397. The third-order valence-corrected chi connectivity index (χ3v) is 5.28. The molecule has 124 valence electrons. The van der Waals surface area contributed by atoms with Gasteiger partial charge in [0, 0.05) is 31.2 Å². The van der Waals surface area contributed by atoms with Crippen molar-refractivity contribution in [2.45, 2.75) is 18.4 Å². The Bertz CT molecular complexity index is 905. The lowest BCUT2D eigenvalue weighted by Crippen LogP contribution is -2.42. The van der Waals surface area contributed by atoms with Crippen LogP contribution in [0.5, 0.6) is 0 Å². The Hall–Kier alpha value is -3.02. The van der Waals surface area contributed by atoms with E-state index in [1.807, 2.05) is 24.3 Å². The number of nitrogens with zero attached hydrogens (tertiary/aromatic N) is 3. The second-order valence-corrected chi connectivity index (χ2v) is 6.63. The largest absolute Gasteiger partial charge is 0.370 e. The lowest BCUT2D eigenvalue weighted by Gasteiger charge is -2.31. The molecule has 0 saturated carbocycles. The number of likely N-dealkylation sites (N-methyl/N-ethyl adjacent to an activating group) is 1. The summed E-state index contributed by atoms with van der Waals surface area (Å²) in [6, 6.07) is 16.4. The molecular weight excluding hydrogens is 310 g/mol. The van der Waals surface area contributed by atoms with Crippen LogP contribution in [0.4, 0.5) is 17.1 Å². The number of fused-ring (bicyclic) bond motifs is 3. The first-order valence-electron chi connectivity index (χ1n) is 8.50. The number of benzene rings is 2. The number of hydrogen-bond acceptors (Lipinski definition) is 5. The average Bonchev–Trinajstić information content (AvgIpc) is 2.94. The molecule has 25 heavy (non-hydrogen) atoms. The van der Waals surface area contributed by atoms with Crippen molar-refractivity contribution in [3.63, 3.8) is 0 Å². The fraction of sp³-hybridized carbons (Fsp3) is 0.300. The highest BCUT2D eigenvalue weighted by Gasteiger charge is 2.39. The van der Waals surface area contributed by atoms with Gasteiger partial charge in [0.05, 0.1) is 22.5 Å². The number of anilines is 3. The quantitative estimate of drug-likeness (QED) is 0.885. The molecule has 0 aromatic heterocycles. The van der Waals surface area contributed by atoms with E-state index in [1.54, 1.807) is 6.07 Å². The van der Waals surface area contributed by atoms with Crippen LogP contribution in [0.15, 0.2) is 36.4 Å². The predicted molar refractivity (Wildman–Crippen MR) is 98.0 cm³/mol. The fourth-order valence-electron chi connectivity index (χ4n) is 4.13. The van der Waals surface area contributed by atoms with E-state index in [1.165, 1.54) is 5.56 Å². The third kappa shape index (κ3) is 2.50.